The Hall–Kier alpha value is -3.44. The quantitative estimate of drug-likeness (QED) is 0.318. The minimum Gasteiger partial charge on any atom is -0.467 e. The van der Waals surface area contributed by atoms with Crippen LogP contribution in [-0.4, -0.2) is 37.2 Å². The number of carbonyl (C=O) groups is 2. The Morgan fingerprint density at radius 2 is 1.51 bits per heavy atom. The zero-order valence-corrected chi connectivity index (χ0v) is 22.3. The van der Waals surface area contributed by atoms with Gasteiger partial charge in [-0.2, -0.15) is 26.3 Å². The summed E-state index contributed by atoms with van der Waals surface area (Å²) in [4.78, 5) is 27.8. The number of halogens is 6. The number of aryl methyl sites for hydroxylation is 2. The molecule has 0 aromatic heterocycles. The number of nitrogens with one attached hydrogen (secondary N) is 1. The number of benzene rings is 2. The summed E-state index contributed by atoms with van der Waals surface area (Å²) in [7, 11) is 0.983. The van der Waals surface area contributed by atoms with E-state index in [0.29, 0.717) is 23.5 Å². The maximum absolute atomic E-state index is 13.7. The van der Waals surface area contributed by atoms with Crippen LogP contribution >= 0.6 is 0 Å². The van der Waals surface area contributed by atoms with Crippen molar-refractivity contribution in [3.63, 3.8) is 0 Å². The number of rotatable bonds is 6. The largest absolute Gasteiger partial charge is 0.467 e. The Morgan fingerprint density at radius 1 is 0.974 bits per heavy atom. The van der Waals surface area contributed by atoms with Gasteiger partial charge in [0.1, 0.15) is 0 Å². The van der Waals surface area contributed by atoms with Gasteiger partial charge in [0.25, 0.3) is 0 Å². The highest BCUT2D eigenvalue weighted by Gasteiger charge is 2.48. The lowest BCUT2D eigenvalue weighted by Gasteiger charge is -2.46. The first-order chi connectivity index (χ1) is 17.9. The molecule has 0 amide bonds. The number of fused-ring (bicyclic) bond motifs is 1. The molecule has 1 heterocycles. The van der Waals surface area contributed by atoms with E-state index in [9.17, 15) is 35.9 Å². The van der Waals surface area contributed by atoms with Crippen LogP contribution in [0.1, 0.15) is 61.1 Å². The van der Waals surface area contributed by atoms with Crippen molar-refractivity contribution in [3.05, 3.63) is 58.1 Å². The summed E-state index contributed by atoms with van der Waals surface area (Å²) in [5, 5.41) is 3.17. The highest BCUT2D eigenvalue weighted by atomic mass is 19.4. The summed E-state index contributed by atoms with van der Waals surface area (Å²) in [5.41, 5.74) is -2.98. The molecule has 214 valence electrons. The van der Waals surface area contributed by atoms with Gasteiger partial charge in [-0.3, -0.25) is 0 Å². The van der Waals surface area contributed by atoms with Crippen LogP contribution < -0.4 is 10.2 Å². The summed E-state index contributed by atoms with van der Waals surface area (Å²) < 4.78 is 92.5. The van der Waals surface area contributed by atoms with Crippen molar-refractivity contribution in [2.75, 3.05) is 23.9 Å². The van der Waals surface area contributed by atoms with Gasteiger partial charge in [-0.05, 0) is 81.1 Å². The van der Waals surface area contributed by atoms with Crippen LogP contribution in [0.5, 0.6) is 0 Å². The highest BCUT2D eigenvalue weighted by molar-refractivity contribution is 5.93. The van der Waals surface area contributed by atoms with Crippen molar-refractivity contribution >= 4 is 23.3 Å². The zero-order chi connectivity index (χ0) is 29.5. The Bertz CT molecular complexity index is 1230. The van der Waals surface area contributed by atoms with Crippen molar-refractivity contribution in [2.45, 2.75) is 71.1 Å². The van der Waals surface area contributed by atoms with E-state index < -0.39 is 58.7 Å². The maximum Gasteiger partial charge on any atom is 0.416 e. The van der Waals surface area contributed by atoms with E-state index in [1.165, 1.54) is 4.90 Å². The molecular weight excluding hydrogens is 530 g/mol. The molecule has 0 fully saturated rings. The molecule has 1 aliphatic heterocycles. The summed E-state index contributed by atoms with van der Waals surface area (Å²) in [6.07, 6.45) is -10.6. The second-order valence-electron chi connectivity index (χ2n) is 9.86. The van der Waals surface area contributed by atoms with Crippen LogP contribution in [-0.2, 0) is 31.4 Å². The molecule has 2 atom stereocenters. The lowest BCUT2D eigenvalue weighted by Crippen LogP contribution is -2.59. The summed E-state index contributed by atoms with van der Waals surface area (Å²) in [6.45, 7) is 8.22. The zero-order valence-electron chi connectivity index (χ0n) is 22.3. The van der Waals surface area contributed by atoms with Gasteiger partial charge in [-0.1, -0.05) is 6.92 Å². The molecule has 0 saturated heterocycles. The van der Waals surface area contributed by atoms with E-state index >= 15 is 0 Å². The lowest BCUT2D eigenvalue weighted by atomic mass is 9.88. The minimum absolute atomic E-state index is 0.00655. The molecule has 39 heavy (non-hydrogen) atoms. The first kappa shape index (κ1) is 30.1. The fourth-order valence-electron chi connectivity index (χ4n) is 4.52. The van der Waals surface area contributed by atoms with Gasteiger partial charge < -0.3 is 19.7 Å². The van der Waals surface area contributed by atoms with Crippen molar-refractivity contribution in [1.82, 2.24) is 0 Å². The lowest BCUT2D eigenvalue weighted by molar-refractivity contribution is -0.153. The molecule has 1 aliphatic rings. The number of nitrogens with zero attached hydrogens (tertiary/aromatic N) is 1. The van der Waals surface area contributed by atoms with Gasteiger partial charge in [0.05, 0.1) is 42.3 Å². The van der Waals surface area contributed by atoms with Gasteiger partial charge in [0.15, 0.2) is 11.6 Å². The third-order valence-corrected chi connectivity index (χ3v) is 6.73. The predicted octanol–water partition coefficient (Wildman–Crippen LogP) is 6.59. The average Bonchev–Trinajstić information content (AvgIpc) is 2.83. The van der Waals surface area contributed by atoms with Gasteiger partial charge in [-0.15, -0.1) is 0 Å². The fraction of sp³-hybridized carbons (Fsp3) is 0.481. The van der Waals surface area contributed by atoms with E-state index in [2.05, 4.69) is 5.32 Å². The van der Waals surface area contributed by atoms with Crippen molar-refractivity contribution < 1.29 is 45.4 Å². The number of hydrogen-bond donors (Lipinski definition) is 1. The Balaban J connectivity index is 2.34. The number of esters is 2. The van der Waals surface area contributed by atoms with Crippen molar-refractivity contribution in [3.8, 4) is 0 Å². The fourth-order valence-corrected chi connectivity index (χ4v) is 4.52. The smallest absolute Gasteiger partial charge is 0.416 e. The van der Waals surface area contributed by atoms with Crippen molar-refractivity contribution in [2.24, 2.45) is 0 Å². The van der Waals surface area contributed by atoms with E-state index in [-0.39, 0.29) is 19.0 Å². The average molecular weight is 561 g/mol. The molecular formula is C27H30F6N2O4. The predicted molar refractivity (Wildman–Crippen MR) is 132 cm³/mol. The van der Waals surface area contributed by atoms with Crippen LogP contribution in [0.2, 0.25) is 0 Å². The van der Waals surface area contributed by atoms with Gasteiger partial charge in [0, 0.05) is 0 Å². The number of anilines is 2. The number of alkyl halides is 6. The van der Waals surface area contributed by atoms with Crippen LogP contribution in [0.3, 0.4) is 0 Å². The monoisotopic (exact) mass is 560 g/mol. The van der Waals surface area contributed by atoms with Crippen LogP contribution in [0.4, 0.5) is 37.7 Å². The first-order valence-corrected chi connectivity index (χ1v) is 12.2. The third-order valence-electron chi connectivity index (χ3n) is 6.73. The normalized spacial score (nSPS) is 18.3. The van der Waals surface area contributed by atoms with Crippen LogP contribution in [0.15, 0.2) is 30.3 Å². The van der Waals surface area contributed by atoms with E-state index in [1.54, 1.807) is 46.8 Å². The standard InChI is InChI=1S/C27H30F6N2O4/c1-7-25(24(37)39-14(2)3)13-35(21-9-16(5)15(4)8-20(21)34-25)22(23(36)38-6)17-10-18(26(28,29)30)12-19(11-17)27(31,32)33/h8-12,14,22,34H,7,13H2,1-6H3/t22-,25-/m1/s1. The molecule has 0 saturated carbocycles. The van der Waals surface area contributed by atoms with Crippen molar-refractivity contribution in [1.29, 1.82) is 0 Å². The molecule has 0 spiro atoms. The molecule has 3 rings (SSSR count). The number of methoxy groups -OCH3 is 1. The Morgan fingerprint density at radius 3 is 1.97 bits per heavy atom. The molecule has 2 aromatic carbocycles. The first-order valence-electron chi connectivity index (χ1n) is 12.2. The summed E-state index contributed by atoms with van der Waals surface area (Å²) in [6, 6.07) is 2.59. The second-order valence-corrected chi connectivity index (χ2v) is 9.86. The van der Waals surface area contributed by atoms with Gasteiger partial charge in [-0.25, -0.2) is 9.59 Å². The number of hydrogen-bond acceptors (Lipinski definition) is 6. The van der Waals surface area contributed by atoms with Crippen LogP contribution in [0.25, 0.3) is 0 Å². The summed E-state index contributed by atoms with van der Waals surface area (Å²) >= 11 is 0. The molecule has 0 bridgehead atoms. The SMILES string of the molecule is CC[C@]1(C(=O)OC(C)C)CN([C@@H](C(=O)OC)c2cc(C(F)(F)F)cc(C(F)(F)F)c2)c2cc(C)c(C)cc2N1. The van der Waals surface area contributed by atoms with Crippen LogP contribution in [0, 0.1) is 13.8 Å². The number of carbonyl (C=O) groups excluding carboxylic acids is 2. The summed E-state index contributed by atoms with van der Waals surface area (Å²) in [5.74, 6) is -1.78. The van der Waals surface area contributed by atoms with E-state index in [4.69, 9.17) is 9.47 Å². The molecule has 2 aromatic rings. The molecule has 1 N–H and O–H groups in total. The molecule has 0 unspecified atom stereocenters. The molecule has 0 radical (unpaired) electrons. The highest BCUT2D eigenvalue weighted by Crippen LogP contribution is 2.45. The number of ether oxygens (including phenoxy) is 2. The maximum atomic E-state index is 13.7. The minimum atomic E-state index is -5.13. The third kappa shape index (κ3) is 6.09. The van der Waals surface area contributed by atoms with E-state index in [0.717, 1.165) is 18.2 Å². The molecule has 0 aliphatic carbocycles. The Labute approximate surface area is 222 Å². The second kappa shape index (κ2) is 10.6. The van der Waals surface area contributed by atoms with Gasteiger partial charge in [0.2, 0.25) is 0 Å². The van der Waals surface area contributed by atoms with E-state index in [1.807, 2.05) is 0 Å². The Kier molecular flexibility index (Phi) is 8.19. The van der Waals surface area contributed by atoms with Gasteiger partial charge >= 0.3 is 24.3 Å². The molecule has 12 heteroatoms. The topological polar surface area (TPSA) is 67.9 Å². The molecule has 6 nitrogen and oxygen atoms in total.